The van der Waals surface area contributed by atoms with Gasteiger partial charge in [-0.05, 0) is 29.8 Å². The first-order chi connectivity index (χ1) is 10.9. The van der Waals surface area contributed by atoms with Gasteiger partial charge < -0.3 is 5.73 Å². The second kappa shape index (κ2) is 5.96. The molecule has 1 aromatic heterocycles. The van der Waals surface area contributed by atoms with E-state index in [2.05, 4.69) is 13.7 Å². The summed E-state index contributed by atoms with van der Waals surface area (Å²) in [5.41, 5.74) is 7.30. The van der Waals surface area contributed by atoms with Gasteiger partial charge in [0.05, 0.1) is 23.8 Å². The van der Waals surface area contributed by atoms with Gasteiger partial charge in [-0.1, -0.05) is 18.2 Å². The fourth-order valence-corrected chi connectivity index (χ4v) is 2.66. The highest BCUT2D eigenvalue weighted by molar-refractivity contribution is 7.00. The summed E-state index contributed by atoms with van der Waals surface area (Å²) in [4.78, 5) is 4.08. The molecule has 23 heavy (non-hydrogen) atoms. The lowest BCUT2D eigenvalue weighted by Crippen LogP contribution is -2.14. The number of nitrogens with zero attached hydrogens (tertiary/aromatic N) is 3. The van der Waals surface area contributed by atoms with Crippen molar-refractivity contribution in [1.82, 2.24) is 8.75 Å². The molecule has 3 aromatic rings. The lowest BCUT2D eigenvalue weighted by atomic mass is 10.1. The first-order valence-electron chi connectivity index (χ1n) is 6.63. The predicted molar refractivity (Wildman–Crippen MR) is 83.3 cm³/mol. The van der Waals surface area contributed by atoms with Gasteiger partial charge in [-0.25, -0.2) is 0 Å². The average molecular weight is 336 g/mol. The van der Waals surface area contributed by atoms with Crippen molar-refractivity contribution in [2.24, 2.45) is 10.7 Å². The van der Waals surface area contributed by atoms with Gasteiger partial charge in [0.2, 0.25) is 0 Å². The van der Waals surface area contributed by atoms with Crippen LogP contribution < -0.4 is 5.73 Å². The topological polar surface area (TPSA) is 64.2 Å². The molecule has 8 heteroatoms. The van der Waals surface area contributed by atoms with Crippen LogP contribution in [0.3, 0.4) is 0 Å². The van der Waals surface area contributed by atoms with E-state index in [4.69, 9.17) is 5.73 Å². The third kappa shape index (κ3) is 3.31. The third-order valence-electron chi connectivity index (χ3n) is 3.29. The Balaban J connectivity index is 1.87. The van der Waals surface area contributed by atoms with E-state index < -0.39 is 11.7 Å². The number of nitrogens with two attached hydrogens (primary N) is 1. The Morgan fingerprint density at radius 3 is 2.61 bits per heavy atom. The summed E-state index contributed by atoms with van der Waals surface area (Å²) in [6.45, 7) is -0.144. The summed E-state index contributed by atoms with van der Waals surface area (Å²) in [5, 5.41) is 0. The summed E-state index contributed by atoms with van der Waals surface area (Å²) in [6.07, 6.45) is -4.41. The van der Waals surface area contributed by atoms with Gasteiger partial charge in [0.25, 0.3) is 0 Å². The zero-order valence-electron chi connectivity index (χ0n) is 11.7. The van der Waals surface area contributed by atoms with E-state index in [9.17, 15) is 13.2 Å². The maximum Gasteiger partial charge on any atom is 0.416 e. The van der Waals surface area contributed by atoms with Crippen LogP contribution in [0.25, 0.3) is 11.0 Å². The Bertz CT molecular complexity index is 870. The number of hydrogen-bond donors (Lipinski definition) is 1. The summed E-state index contributed by atoms with van der Waals surface area (Å²) in [6, 6.07) is 10.5. The van der Waals surface area contributed by atoms with Gasteiger partial charge in [0, 0.05) is 5.56 Å². The molecule has 118 valence electrons. The van der Waals surface area contributed by atoms with Crippen LogP contribution in [0, 0.1) is 0 Å². The molecule has 2 N–H and O–H groups in total. The van der Waals surface area contributed by atoms with Crippen molar-refractivity contribution in [2.75, 3.05) is 0 Å². The zero-order chi connectivity index (χ0) is 16.4. The number of benzene rings is 2. The number of fused-ring (bicyclic) bond motifs is 1. The number of rotatable bonds is 3. The molecule has 0 fully saturated rings. The molecule has 0 atom stereocenters. The second-order valence-electron chi connectivity index (χ2n) is 4.82. The summed E-state index contributed by atoms with van der Waals surface area (Å²) in [7, 11) is 0. The van der Waals surface area contributed by atoms with Gasteiger partial charge in [-0.3, -0.25) is 4.99 Å². The molecule has 0 spiro atoms. The SMILES string of the molecule is NC(=NCc1ccccc1C(F)(F)F)c1ccc2nsnc2c1. The molecule has 3 rings (SSSR count). The molecule has 0 aliphatic heterocycles. The van der Waals surface area contributed by atoms with Crippen LogP contribution in [0.1, 0.15) is 16.7 Å². The molecule has 0 amide bonds. The van der Waals surface area contributed by atoms with E-state index in [-0.39, 0.29) is 17.9 Å². The average Bonchev–Trinajstić information content (AvgIpc) is 2.99. The van der Waals surface area contributed by atoms with Gasteiger partial charge >= 0.3 is 6.18 Å². The minimum absolute atomic E-state index is 0.0827. The first-order valence-corrected chi connectivity index (χ1v) is 7.36. The minimum atomic E-state index is -4.41. The maximum absolute atomic E-state index is 12.9. The number of amidine groups is 1. The van der Waals surface area contributed by atoms with Crippen molar-refractivity contribution in [2.45, 2.75) is 12.7 Å². The normalized spacial score (nSPS) is 12.7. The predicted octanol–water partition coefficient (Wildman–Crippen LogP) is 3.62. The second-order valence-corrected chi connectivity index (χ2v) is 5.35. The Kier molecular flexibility index (Phi) is 3.99. The number of aliphatic imine (C=N–C) groups is 1. The van der Waals surface area contributed by atoms with Crippen molar-refractivity contribution in [3.63, 3.8) is 0 Å². The van der Waals surface area contributed by atoms with Crippen molar-refractivity contribution in [3.05, 3.63) is 59.2 Å². The Labute approximate surface area is 133 Å². The van der Waals surface area contributed by atoms with Crippen LogP contribution in [-0.4, -0.2) is 14.6 Å². The molecule has 0 aliphatic carbocycles. The third-order valence-corrected chi connectivity index (χ3v) is 3.85. The van der Waals surface area contributed by atoms with Crippen LogP contribution in [0.15, 0.2) is 47.5 Å². The Hall–Kier alpha value is -2.48. The first kappa shape index (κ1) is 15.4. The summed E-state index contributed by atoms with van der Waals surface area (Å²) < 4.78 is 47.0. The molecule has 1 heterocycles. The number of aromatic nitrogens is 2. The molecule has 0 unspecified atom stereocenters. The van der Waals surface area contributed by atoms with Crippen LogP contribution in [0.5, 0.6) is 0 Å². The smallest absolute Gasteiger partial charge is 0.383 e. The van der Waals surface area contributed by atoms with E-state index in [1.54, 1.807) is 24.3 Å². The van der Waals surface area contributed by atoms with Crippen molar-refractivity contribution < 1.29 is 13.2 Å². The molecule has 4 nitrogen and oxygen atoms in total. The molecule has 0 radical (unpaired) electrons. The highest BCUT2D eigenvalue weighted by atomic mass is 32.1. The van der Waals surface area contributed by atoms with E-state index >= 15 is 0 Å². The van der Waals surface area contributed by atoms with Crippen LogP contribution in [0.4, 0.5) is 13.2 Å². The van der Waals surface area contributed by atoms with Crippen molar-refractivity contribution >= 4 is 28.6 Å². The molecule has 0 bridgehead atoms. The van der Waals surface area contributed by atoms with Gasteiger partial charge in [0.15, 0.2) is 0 Å². The fourth-order valence-electron chi connectivity index (χ4n) is 2.14. The van der Waals surface area contributed by atoms with E-state index in [0.717, 1.165) is 23.3 Å². The number of hydrogen-bond acceptors (Lipinski definition) is 4. The Morgan fingerprint density at radius 1 is 1.09 bits per heavy atom. The molecular weight excluding hydrogens is 325 g/mol. The lowest BCUT2D eigenvalue weighted by Gasteiger charge is -2.11. The highest BCUT2D eigenvalue weighted by Crippen LogP contribution is 2.32. The fraction of sp³-hybridized carbons (Fsp3) is 0.133. The highest BCUT2D eigenvalue weighted by Gasteiger charge is 2.32. The maximum atomic E-state index is 12.9. The van der Waals surface area contributed by atoms with E-state index in [1.165, 1.54) is 12.1 Å². The largest absolute Gasteiger partial charge is 0.416 e. The molecule has 0 aliphatic rings. The van der Waals surface area contributed by atoms with Gasteiger partial charge in [-0.15, -0.1) is 0 Å². The monoisotopic (exact) mass is 336 g/mol. The summed E-state index contributed by atoms with van der Waals surface area (Å²) in [5.74, 6) is 0.164. The molecule has 0 saturated carbocycles. The minimum Gasteiger partial charge on any atom is -0.383 e. The van der Waals surface area contributed by atoms with Crippen LogP contribution in [-0.2, 0) is 12.7 Å². The van der Waals surface area contributed by atoms with Crippen LogP contribution >= 0.6 is 11.7 Å². The number of alkyl halides is 3. The van der Waals surface area contributed by atoms with Crippen molar-refractivity contribution in [1.29, 1.82) is 0 Å². The number of halogens is 3. The Morgan fingerprint density at radius 2 is 1.83 bits per heavy atom. The van der Waals surface area contributed by atoms with Crippen LogP contribution in [0.2, 0.25) is 0 Å². The molecular formula is C15H11F3N4S. The van der Waals surface area contributed by atoms with Gasteiger partial charge in [0.1, 0.15) is 16.9 Å². The molecule has 2 aromatic carbocycles. The lowest BCUT2D eigenvalue weighted by molar-refractivity contribution is -0.138. The zero-order valence-corrected chi connectivity index (χ0v) is 12.5. The van der Waals surface area contributed by atoms with Crippen molar-refractivity contribution in [3.8, 4) is 0 Å². The van der Waals surface area contributed by atoms with E-state index in [0.29, 0.717) is 11.1 Å². The van der Waals surface area contributed by atoms with Gasteiger partial charge in [-0.2, -0.15) is 21.9 Å². The standard InChI is InChI=1S/C15H11F3N4S/c16-15(17,18)11-4-2-1-3-10(11)8-20-14(19)9-5-6-12-13(7-9)22-23-21-12/h1-7H,8H2,(H2,19,20). The van der Waals surface area contributed by atoms with E-state index in [1.807, 2.05) is 0 Å². The quantitative estimate of drug-likeness (QED) is 0.587. The summed E-state index contributed by atoms with van der Waals surface area (Å²) >= 11 is 1.08. The molecule has 0 saturated heterocycles.